The molecule has 0 unspecified atom stereocenters. The van der Waals surface area contributed by atoms with Crippen molar-refractivity contribution in [3.8, 4) is 11.5 Å². The van der Waals surface area contributed by atoms with Crippen LogP contribution in [0.25, 0.3) is 11.5 Å². The molecule has 1 aromatic heterocycles. The minimum absolute atomic E-state index is 0. The average Bonchev–Trinajstić information content (AvgIpc) is 3.09. The lowest BCUT2D eigenvalue weighted by atomic mass is 10.2. The lowest BCUT2D eigenvalue weighted by Gasteiger charge is -2.10. The zero-order chi connectivity index (χ0) is 17.0. The van der Waals surface area contributed by atoms with Crippen LogP contribution < -0.4 is 10.6 Å². The van der Waals surface area contributed by atoms with Gasteiger partial charge in [-0.25, -0.2) is 9.98 Å². The van der Waals surface area contributed by atoms with Gasteiger partial charge in [-0.15, -0.1) is 30.6 Å². The molecule has 0 aliphatic carbocycles. The average molecular weight is 472 g/mol. The molecule has 1 heterocycles. The number of hydrogen-bond donors (Lipinski definition) is 2. The highest BCUT2D eigenvalue weighted by molar-refractivity contribution is 14.0. The van der Waals surface area contributed by atoms with Crippen LogP contribution in [0.5, 0.6) is 0 Å². The summed E-state index contributed by atoms with van der Waals surface area (Å²) in [6.07, 6.45) is 3.58. The van der Waals surface area contributed by atoms with Crippen molar-refractivity contribution in [1.29, 1.82) is 0 Å². The van der Waals surface area contributed by atoms with E-state index in [0.717, 1.165) is 41.8 Å². The van der Waals surface area contributed by atoms with Gasteiger partial charge in [-0.05, 0) is 19.1 Å². The largest absolute Gasteiger partial charge is 0.444 e. The molecular formula is C18H25IN4OS. The summed E-state index contributed by atoms with van der Waals surface area (Å²) in [5, 5.41) is 6.55. The fraction of sp³-hybridized carbons (Fsp3) is 0.333. The quantitative estimate of drug-likeness (QED) is 0.190. The molecule has 0 aliphatic rings. The second kappa shape index (κ2) is 12.8. The van der Waals surface area contributed by atoms with E-state index in [2.05, 4.69) is 27.2 Å². The van der Waals surface area contributed by atoms with Gasteiger partial charge in [0, 0.05) is 30.2 Å². The van der Waals surface area contributed by atoms with Crippen molar-refractivity contribution in [3.05, 3.63) is 54.9 Å². The van der Waals surface area contributed by atoms with Crippen molar-refractivity contribution >= 4 is 41.7 Å². The number of benzene rings is 1. The standard InChI is InChI=1S/C18H24N4OS.HI/c1-3-11-24-12-10-20-18(19-4-2)21-13-16-14-23-17(22-16)15-8-6-5-7-9-15;/h3,5-9,14H,1,4,10-13H2,2H3,(H2,19,20,21);1H. The first-order valence-electron chi connectivity index (χ1n) is 8.04. The van der Waals surface area contributed by atoms with Crippen molar-refractivity contribution in [1.82, 2.24) is 15.6 Å². The van der Waals surface area contributed by atoms with Gasteiger partial charge < -0.3 is 15.1 Å². The summed E-state index contributed by atoms with van der Waals surface area (Å²) in [5.41, 5.74) is 1.78. The van der Waals surface area contributed by atoms with E-state index in [4.69, 9.17) is 4.42 Å². The summed E-state index contributed by atoms with van der Waals surface area (Å²) >= 11 is 1.84. The first kappa shape index (κ1) is 21.6. The molecule has 2 aromatic rings. The highest BCUT2D eigenvalue weighted by Gasteiger charge is 2.06. The maximum Gasteiger partial charge on any atom is 0.226 e. The van der Waals surface area contributed by atoms with Crippen LogP contribution in [0.3, 0.4) is 0 Å². The number of aromatic nitrogens is 1. The molecule has 0 saturated carbocycles. The van der Waals surface area contributed by atoms with Gasteiger partial charge in [-0.1, -0.05) is 24.3 Å². The normalized spacial score (nSPS) is 10.8. The predicted molar refractivity (Wildman–Crippen MR) is 118 cm³/mol. The van der Waals surface area contributed by atoms with Crippen molar-refractivity contribution < 1.29 is 4.42 Å². The van der Waals surface area contributed by atoms with Crippen LogP contribution in [0.1, 0.15) is 12.6 Å². The molecule has 0 atom stereocenters. The molecule has 136 valence electrons. The number of halogens is 1. The summed E-state index contributed by atoms with van der Waals surface area (Å²) < 4.78 is 5.53. The molecule has 0 fully saturated rings. The Bertz CT molecular complexity index is 646. The summed E-state index contributed by atoms with van der Waals surface area (Å²) in [7, 11) is 0. The van der Waals surface area contributed by atoms with Gasteiger partial charge in [0.2, 0.25) is 5.89 Å². The molecular weight excluding hydrogens is 447 g/mol. The Labute approximate surface area is 170 Å². The van der Waals surface area contributed by atoms with Gasteiger partial charge in [0.15, 0.2) is 5.96 Å². The SMILES string of the molecule is C=CCSCCNC(=NCc1coc(-c2ccccc2)n1)NCC.I. The van der Waals surface area contributed by atoms with E-state index < -0.39 is 0 Å². The second-order valence-corrected chi connectivity index (χ2v) is 6.15. The van der Waals surface area contributed by atoms with Crippen LogP contribution in [0.2, 0.25) is 0 Å². The van der Waals surface area contributed by atoms with Gasteiger partial charge in [-0.2, -0.15) is 11.8 Å². The van der Waals surface area contributed by atoms with Crippen LogP contribution in [0.4, 0.5) is 0 Å². The minimum Gasteiger partial charge on any atom is -0.444 e. The molecule has 0 bridgehead atoms. The Balaban J connectivity index is 0.00000312. The van der Waals surface area contributed by atoms with Gasteiger partial charge in [0.05, 0.1) is 6.54 Å². The molecule has 2 N–H and O–H groups in total. The lowest BCUT2D eigenvalue weighted by Crippen LogP contribution is -2.38. The summed E-state index contributed by atoms with van der Waals surface area (Å²) in [5.74, 6) is 3.40. The number of nitrogens with one attached hydrogen (secondary N) is 2. The smallest absolute Gasteiger partial charge is 0.226 e. The Morgan fingerprint density at radius 3 is 2.84 bits per heavy atom. The molecule has 2 rings (SSSR count). The van der Waals surface area contributed by atoms with E-state index in [1.807, 2.05) is 55.1 Å². The van der Waals surface area contributed by atoms with Gasteiger partial charge >= 0.3 is 0 Å². The Kier molecular flexibility index (Phi) is 11.1. The van der Waals surface area contributed by atoms with E-state index in [-0.39, 0.29) is 24.0 Å². The van der Waals surface area contributed by atoms with Crippen LogP contribution in [0.15, 0.2) is 58.7 Å². The van der Waals surface area contributed by atoms with Crippen molar-refractivity contribution in [2.45, 2.75) is 13.5 Å². The number of aliphatic imine (C=N–C) groups is 1. The molecule has 0 saturated heterocycles. The number of nitrogens with zero attached hydrogens (tertiary/aromatic N) is 2. The van der Waals surface area contributed by atoms with Crippen molar-refractivity contribution in [3.63, 3.8) is 0 Å². The zero-order valence-corrected chi connectivity index (χ0v) is 17.6. The van der Waals surface area contributed by atoms with Crippen LogP contribution >= 0.6 is 35.7 Å². The molecule has 0 aliphatic heterocycles. The minimum atomic E-state index is 0. The highest BCUT2D eigenvalue weighted by atomic mass is 127. The monoisotopic (exact) mass is 472 g/mol. The Morgan fingerprint density at radius 1 is 1.32 bits per heavy atom. The van der Waals surface area contributed by atoms with Crippen LogP contribution in [-0.4, -0.2) is 35.5 Å². The molecule has 25 heavy (non-hydrogen) atoms. The third-order valence-electron chi connectivity index (χ3n) is 3.09. The number of oxazole rings is 1. The van der Waals surface area contributed by atoms with Gasteiger partial charge in [0.25, 0.3) is 0 Å². The lowest BCUT2D eigenvalue weighted by molar-refractivity contribution is 0.572. The first-order chi connectivity index (χ1) is 11.8. The number of thioether (sulfide) groups is 1. The maximum absolute atomic E-state index is 5.53. The Hall–Kier alpha value is -1.48. The third-order valence-corrected chi connectivity index (χ3v) is 4.05. The van der Waals surface area contributed by atoms with E-state index in [0.29, 0.717) is 12.4 Å². The van der Waals surface area contributed by atoms with E-state index in [9.17, 15) is 0 Å². The molecule has 1 aromatic carbocycles. The number of guanidine groups is 1. The Morgan fingerprint density at radius 2 is 2.12 bits per heavy atom. The predicted octanol–water partition coefficient (Wildman–Crippen LogP) is 3.93. The van der Waals surface area contributed by atoms with Crippen LogP contribution in [-0.2, 0) is 6.54 Å². The second-order valence-electron chi connectivity index (χ2n) is 5.00. The maximum atomic E-state index is 5.53. The first-order valence-corrected chi connectivity index (χ1v) is 9.19. The summed E-state index contributed by atoms with van der Waals surface area (Å²) in [6, 6.07) is 9.86. The van der Waals surface area contributed by atoms with Crippen molar-refractivity contribution in [2.75, 3.05) is 24.6 Å². The van der Waals surface area contributed by atoms with E-state index in [1.165, 1.54) is 0 Å². The van der Waals surface area contributed by atoms with E-state index in [1.54, 1.807) is 6.26 Å². The topological polar surface area (TPSA) is 62.5 Å². The zero-order valence-electron chi connectivity index (χ0n) is 14.4. The van der Waals surface area contributed by atoms with Gasteiger partial charge in [0.1, 0.15) is 12.0 Å². The number of rotatable bonds is 9. The molecule has 0 amide bonds. The molecule has 0 radical (unpaired) electrons. The van der Waals surface area contributed by atoms with Gasteiger partial charge in [-0.3, -0.25) is 0 Å². The number of hydrogen-bond acceptors (Lipinski definition) is 4. The fourth-order valence-corrected chi connectivity index (χ4v) is 2.58. The van der Waals surface area contributed by atoms with Crippen molar-refractivity contribution in [2.24, 2.45) is 4.99 Å². The molecule has 0 spiro atoms. The van der Waals surface area contributed by atoms with Crippen LogP contribution in [0, 0.1) is 0 Å². The van der Waals surface area contributed by atoms with E-state index >= 15 is 0 Å². The molecule has 7 heteroatoms. The highest BCUT2D eigenvalue weighted by Crippen LogP contribution is 2.18. The summed E-state index contributed by atoms with van der Waals surface area (Å²) in [4.78, 5) is 9.04. The third kappa shape index (κ3) is 7.96. The molecule has 5 nitrogen and oxygen atoms in total. The fourth-order valence-electron chi connectivity index (χ4n) is 2.00. The summed E-state index contributed by atoms with van der Waals surface area (Å²) in [6.45, 7) is 7.92.